The number of anilines is 2. The highest BCUT2D eigenvalue weighted by Gasteiger charge is 2.34. The Bertz CT molecular complexity index is 1460. The predicted molar refractivity (Wildman–Crippen MR) is 168 cm³/mol. The average molecular weight is 587 g/mol. The minimum absolute atomic E-state index is 0.0191. The van der Waals surface area contributed by atoms with Gasteiger partial charge in [-0.05, 0) is 49.4 Å². The SMILES string of the molecule is C[C@@H]1CN([C@H](C)CO)C(=O)c2cc(NC(=O)C3CCCCC3)ccc2O[C@H]1CN(C)C(=O)Nc1cccc2ccccc12. The number of hydrogen-bond acceptors (Lipinski definition) is 5. The van der Waals surface area contributed by atoms with Crippen LogP contribution in [0.4, 0.5) is 16.2 Å². The second-order valence-corrected chi connectivity index (χ2v) is 12.0. The molecule has 3 aromatic rings. The second-order valence-electron chi connectivity index (χ2n) is 12.0. The molecule has 3 N–H and O–H groups in total. The van der Waals surface area contributed by atoms with Crippen molar-refractivity contribution >= 4 is 40.0 Å². The lowest BCUT2D eigenvalue weighted by Crippen LogP contribution is -2.50. The Morgan fingerprint density at radius 1 is 1.05 bits per heavy atom. The lowest BCUT2D eigenvalue weighted by atomic mass is 9.88. The summed E-state index contributed by atoms with van der Waals surface area (Å²) in [7, 11) is 1.72. The van der Waals surface area contributed by atoms with Gasteiger partial charge in [0.05, 0.1) is 30.4 Å². The van der Waals surface area contributed by atoms with Crippen LogP contribution < -0.4 is 15.4 Å². The average Bonchev–Trinajstić information content (AvgIpc) is 3.03. The van der Waals surface area contributed by atoms with Crippen molar-refractivity contribution in [3.05, 3.63) is 66.2 Å². The number of hydrogen-bond donors (Lipinski definition) is 3. The molecule has 4 amide bonds. The minimum Gasteiger partial charge on any atom is -0.487 e. The van der Waals surface area contributed by atoms with E-state index in [1.54, 1.807) is 42.0 Å². The number of amides is 4. The molecule has 0 aromatic heterocycles. The molecule has 5 rings (SSSR count). The third-order valence-electron chi connectivity index (χ3n) is 8.74. The first-order valence-electron chi connectivity index (χ1n) is 15.3. The van der Waals surface area contributed by atoms with Crippen molar-refractivity contribution in [2.75, 3.05) is 37.4 Å². The first-order chi connectivity index (χ1) is 20.7. The van der Waals surface area contributed by atoms with E-state index < -0.39 is 12.1 Å². The molecular weight excluding hydrogens is 544 g/mol. The van der Waals surface area contributed by atoms with Gasteiger partial charge in [-0.15, -0.1) is 0 Å². The van der Waals surface area contributed by atoms with Crippen molar-refractivity contribution in [2.45, 2.75) is 58.1 Å². The van der Waals surface area contributed by atoms with Gasteiger partial charge in [-0.3, -0.25) is 9.59 Å². The number of benzene rings is 3. The maximum Gasteiger partial charge on any atom is 0.321 e. The van der Waals surface area contributed by atoms with Gasteiger partial charge >= 0.3 is 6.03 Å². The third-order valence-corrected chi connectivity index (χ3v) is 8.74. The number of fused-ring (bicyclic) bond motifs is 2. The number of aliphatic hydroxyl groups excluding tert-OH is 1. The van der Waals surface area contributed by atoms with Crippen LogP contribution in [-0.4, -0.2) is 71.6 Å². The van der Waals surface area contributed by atoms with E-state index in [0.29, 0.717) is 23.5 Å². The van der Waals surface area contributed by atoms with Gasteiger partial charge in [0, 0.05) is 36.5 Å². The Kier molecular flexibility index (Phi) is 9.50. The molecule has 0 radical (unpaired) electrons. The van der Waals surface area contributed by atoms with Crippen molar-refractivity contribution < 1.29 is 24.2 Å². The Hall–Kier alpha value is -4.11. The van der Waals surface area contributed by atoms with Gasteiger partial charge in [-0.25, -0.2) is 4.79 Å². The van der Waals surface area contributed by atoms with Gasteiger partial charge in [0.15, 0.2) is 0 Å². The summed E-state index contributed by atoms with van der Waals surface area (Å²) in [6.07, 6.45) is 4.58. The molecule has 0 spiro atoms. The molecule has 0 unspecified atom stereocenters. The van der Waals surface area contributed by atoms with E-state index in [0.717, 1.165) is 48.6 Å². The predicted octanol–water partition coefficient (Wildman–Crippen LogP) is 5.74. The number of carbonyl (C=O) groups is 3. The summed E-state index contributed by atoms with van der Waals surface area (Å²) in [4.78, 5) is 43.2. The van der Waals surface area contributed by atoms with E-state index in [4.69, 9.17) is 4.74 Å². The topological polar surface area (TPSA) is 111 Å². The van der Waals surface area contributed by atoms with E-state index in [-0.39, 0.29) is 42.8 Å². The number of nitrogens with zero attached hydrogens (tertiary/aromatic N) is 2. The quantitative estimate of drug-likeness (QED) is 0.327. The van der Waals surface area contributed by atoms with Crippen LogP contribution in [0.2, 0.25) is 0 Å². The number of likely N-dealkylation sites (N-methyl/N-ethyl adjacent to an activating group) is 1. The Morgan fingerprint density at radius 3 is 2.56 bits per heavy atom. The summed E-state index contributed by atoms with van der Waals surface area (Å²) < 4.78 is 6.45. The maximum absolute atomic E-state index is 13.8. The fraction of sp³-hybridized carbons (Fsp3) is 0.441. The number of rotatable bonds is 7. The van der Waals surface area contributed by atoms with Crippen molar-refractivity contribution in [1.82, 2.24) is 9.80 Å². The first kappa shape index (κ1) is 30.4. The highest BCUT2D eigenvalue weighted by atomic mass is 16.5. The van der Waals surface area contributed by atoms with Crippen LogP contribution in [-0.2, 0) is 4.79 Å². The lowest BCUT2D eigenvalue weighted by Gasteiger charge is -2.38. The van der Waals surface area contributed by atoms with Crippen LogP contribution in [0.5, 0.6) is 5.75 Å². The zero-order valence-electron chi connectivity index (χ0n) is 25.2. The number of ether oxygens (including phenoxy) is 1. The van der Waals surface area contributed by atoms with Gasteiger partial charge in [0.1, 0.15) is 11.9 Å². The van der Waals surface area contributed by atoms with Gasteiger partial charge in [-0.1, -0.05) is 62.6 Å². The molecular formula is C34H42N4O5. The molecule has 9 nitrogen and oxygen atoms in total. The zero-order chi connectivity index (χ0) is 30.5. The molecule has 3 aromatic carbocycles. The fourth-order valence-corrected chi connectivity index (χ4v) is 6.03. The van der Waals surface area contributed by atoms with E-state index in [9.17, 15) is 19.5 Å². The number of aliphatic hydroxyl groups is 1. The van der Waals surface area contributed by atoms with E-state index in [2.05, 4.69) is 10.6 Å². The zero-order valence-corrected chi connectivity index (χ0v) is 25.2. The van der Waals surface area contributed by atoms with Crippen molar-refractivity contribution in [3.63, 3.8) is 0 Å². The molecule has 0 saturated heterocycles. The molecule has 1 aliphatic heterocycles. The molecule has 228 valence electrons. The lowest BCUT2D eigenvalue weighted by molar-refractivity contribution is -0.120. The van der Waals surface area contributed by atoms with Gasteiger partial charge in [0.25, 0.3) is 5.91 Å². The van der Waals surface area contributed by atoms with E-state index in [1.165, 1.54) is 0 Å². The monoisotopic (exact) mass is 586 g/mol. The minimum atomic E-state index is -0.439. The van der Waals surface area contributed by atoms with Crippen molar-refractivity contribution in [1.29, 1.82) is 0 Å². The Balaban J connectivity index is 1.36. The van der Waals surface area contributed by atoms with Crippen LogP contribution in [0, 0.1) is 11.8 Å². The van der Waals surface area contributed by atoms with Crippen LogP contribution in [0.1, 0.15) is 56.3 Å². The standard InChI is InChI=1S/C34H42N4O5/c1-22-19-38(23(2)21-39)33(41)28-18-26(35-32(40)25-11-5-4-6-12-25)16-17-30(28)43-31(22)20-37(3)34(42)36-29-15-9-13-24-10-7-8-14-27(24)29/h7-10,13-18,22-23,25,31,39H,4-6,11-12,19-21H2,1-3H3,(H,35,40)(H,36,42)/t22-,23-,31+/m1/s1. The van der Waals surface area contributed by atoms with Crippen LogP contribution in [0.25, 0.3) is 10.8 Å². The van der Waals surface area contributed by atoms with Gasteiger partial charge in [-0.2, -0.15) is 0 Å². The highest BCUT2D eigenvalue weighted by molar-refractivity contribution is 6.02. The van der Waals surface area contributed by atoms with Gasteiger partial charge in [0.2, 0.25) is 5.91 Å². The molecule has 1 saturated carbocycles. The summed E-state index contributed by atoms with van der Waals surface area (Å²) in [6, 6.07) is 18.1. The molecule has 9 heteroatoms. The summed E-state index contributed by atoms with van der Waals surface area (Å²) >= 11 is 0. The summed E-state index contributed by atoms with van der Waals surface area (Å²) in [6.45, 7) is 4.20. The molecule has 0 bridgehead atoms. The smallest absolute Gasteiger partial charge is 0.321 e. The fourth-order valence-electron chi connectivity index (χ4n) is 6.03. The van der Waals surface area contributed by atoms with E-state index >= 15 is 0 Å². The summed E-state index contributed by atoms with van der Waals surface area (Å²) in [5.41, 5.74) is 1.59. The Labute approximate surface area is 253 Å². The number of carbonyl (C=O) groups excluding carboxylic acids is 3. The maximum atomic E-state index is 13.8. The van der Waals surface area contributed by atoms with Crippen LogP contribution >= 0.6 is 0 Å². The third kappa shape index (κ3) is 6.94. The summed E-state index contributed by atoms with van der Waals surface area (Å²) in [5.74, 6) is -0.0725. The van der Waals surface area contributed by atoms with Crippen LogP contribution in [0.15, 0.2) is 60.7 Å². The van der Waals surface area contributed by atoms with E-state index in [1.807, 2.05) is 49.4 Å². The molecule has 43 heavy (non-hydrogen) atoms. The summed E-state index contributed by atoms with van der Waals surface area (Å²) in [5, 5.41) is 18.0. The molecule has 3 atom stereocenters. The molecule has 2 aliphatic rings. The molecule has 1 aliphatic carbocycles. The van der Waals surface area contributed by atoms with Crippen molar-refractivity contribution in [3.8, 4) is 5.75 Å². The number of nitrogens with one attached hydrogen (secondary N) is 2. The van der Waals surface area contributed by atoms with Gasteiger partial charge < -0.3 is 30.3 Å². The highest BCUT2D eigenvalue weighted by Crippen LogP contribution is 2.32. The normalized spacial score (nSPS) is 19.9. The molecule has 1 fully saturated rings. The van der Waals surface area contributed by atoms with Crippen molar-refractivity contribution in [2.24, 2.45) is 11.8 Å². The van der Waals surface area contributed by atoms with Crippen LogP contribution in [0.3, 0.4) is 0 Å². The number of urea groups is 1. The molecule has 1 heterocycles. The first-order valence-corrected chi connectivity index (χ1v) is 15.3. The largest absolute Gasteiger partial charge is 0.487 e. The second kappa shape index (κ2) is 13.5. The Morgan fingerprint density at radius 2 is 1.79 bits per heavy atom.